The van der Waals surface area contributed by atoms with E-state index in [1.165, 1.54) is 18.6 Å². The number of hydrogen-bond donors (Lipinski definition) is 1. The highest BCUT2D eigenvalue weighted by molar-refractivity contribution is 7.99. The van der Waals surface area contributed by atoms with Crippen LogP contribution in [0.3, 0.4) is 0 Å². The molecule has 1 fully saturated rings. The van der Waals surface area contributed by atoms with Crippen molar-refractivity contribution in [2.24, 2.45) is 5.92 Å². The number of nitrogens with zero attached hydrogens (tertiary/aromatic N) is 2. The van der Waals surface area contributed by atoms with Crippen molar-refractivity contribution < 1.29 is 4.52 Å². The number of hydrogen-bond acceptors (Lipinski definition) is 5. The number of aromatic nitrogens is 2. The summed E-state index contributed by atoms with van der Waals surface area (Å²) in [6.45, 7) is 9.89. The Hall–Kier alpha value is -0.550. The molecule has 0 spiro atoms. The Morgan fingerprint density at radius 2 is 2.20 bits per heavy atom. The maximum absolute atomic E-state index is 5.59. The molecule has 4 nitrogen and oxygen atoms in total. The fourth-order valence-electron chi connectivity index (χ4n) is 2.87. The highest BCUT2D eigenvalue weighted by Crippen LogP contribution is 2.39. The van der Waals surface area contributed by atoms with Crippen LogP contribution >= 0.6 is 11.8 Å². The maximum atomic E-state index is 5.59. The summed E-state index contributed by atoms with van der Waals surface area (Å²) < 4.78 is 5.59. The van der Waals surface area contributed by atoms with E-state index in [0.717, 1.165) is 24.7 Å². The summed E-state index contributed by atoms with van der Waals surface area (Å²) in [6, 6.07) is 0.361. The molecule has 1 aromatic rings. The first kappa shape index (κ1) is 15.8. The first-order valence-electron chi connectivity index (χ1n) is 7.82. The first-order chi connectivity index (χ1) is 9.63. The molecule has 0 radical (unpaired) electrons. The Kier molecular flexibility index (Phi) is 5.90. The predicted molar refractivity (Wildman–Crippen MR) is 84.1 cm³/mol. The van der Waals surface area contributed by atoms with Crippen LogP contribution in [0.15, 0.2) is 4.52 Å². The highest BCUT2D eigenvalue weighted by Gasteiger charge is 2.30. The van der Waals surface area contributed by atoms with E-state index in [1.54, 1.807) is 0 Å². The Labute approximate surface area is 126 Å². The molecule has 1 aliphatic heterocycles. The monoisotopic (exact) mass is 297 g/mol. The molecule has 0 aromatic carbocycles. The average Bonchev–Trinajstić information content (AvgIpc) is 3.06. The minimum atomic E-state index is 0.286. The second kappa shape index (κ2) is 7.46. The van der Waals surface area contributed by atoms with Gasteiger partial charge in [-0.3, -0.25) is 0 Å². The van der Waals surface area contributed by atoms with Gasteiger partial charge in [-0.05, 0) is 44.4 Å². The summed E-state index contributed by atoms with van der Waals surface area (Å²) in [5, 5.41) is 8.23. The van der Waals surface area contributed by atoms with E-state index in [2.05, 4.69) is 38.2 Å². The predicted octanol–water partition coefficient (Wildman–Crippen LogP) is 3.77. The van der Waals surface area contributed by atoms with Crippen LogP contribution in [-0.4, -0.2) is 28.5 Å². The zero-order valence-electron chi connectivity index (χ0n) is 13.1. The van der Waals surface area contributed by atoms with Crippen LogP contribution in [-0.2, 0) is 0 Å². The van der Waals surface area contributed by atoms with Crippen molar-refractivity contribution in [3.8, 4) is 0 Å². The summed E-state index contributed by atoms with van der Waals surface area (Å²) in [7, 11) is 0. The standard InChI is InChI=1S/C15H27N3OS/c1-5-8-16-11(4)13(10(2)3)15-17-14(18-19-15)12-7-6-9-20-12/h10-13,16H,5-9H2,1-4H3. The normalized spacial score (nSPS) is 22.4. The van der Waals surface area contributed by atoms with Crippen molar-refractivity contribution in [3.05, 3.63) is 11.7 Å². The number of rotatable bonds is 7. The molecule has 0 aliphatic carbocycles. The topological polar surface area (TPSA) is 51.0 Å². The van der Waals surface area contributed by atoms with Crippen LogP contribution < -0.4 is 5.32 Å². The maximum Gasteiger partial charge on any atom is 0.231 e. The second-order valence-electron chi connectivity index (χ2n) is 6.01. The highest BCUT2D eigenvalue weighted by atomic mass is 32.2. The van der Waals surface area contributed by atoms with E-state index in [4.69, 9.17) is 9.51 Å². The van der Waals surface area contributed by atoms with Crippen LogP contribution in [0.1, 0.15) is 69.8 Å². The summed E-state index contributed by atoms with van der Waals surface area (Å²) >= 11 is 1.95. The van der Waals surface area contributed by atoms with Crippen LogP contribution in [0.25, 0.3) is 0 Å². The van der Waals surface area contributed by atoms with E-state index < -0.39 is 0 Å². The Bertz CT molecular complexity index is 402. The van der Waals surface area contributed by atoms with Gasteiger partial charge in [-0.15, -0.1) is 0 Å². The molecule has 2 heterocycles. The van der Waals surface area contributed by atoms with Gasteiger partial charge in [-0.2, -0.15) is 16.7 Å². The van der Waals surface area contributed by atoms with Gasteiger partial charge >= 0.3 is 0 Å². The third kappa shape index (κ3) is 3.76. The summed E-state index contributed by atoms with van der Waals surface area (Å²) in [5.74, 6) is 3.69. The van der Waals surface area contributed by atoms with Crippen LogP contribution in [0, 0.1) is 5.92 Å². The van der Waals surface area contributed by atoms with E-state index in [9.17, 15) is 0 Å². The van der Waals surface area contributed by atoms with Crippen LogP contribution in [0.5, 0.6) is 0 Å². The molecule has 114 valence electrons. The van der Waals surface area contributed by atoms with Gasteiger partial charge in [-0.25, -0.2) is 0 Å². The molecule has 0 amide bonds. The second-order valence-corrected chi connectivity index (χ2v) is 7.32. The number of thioether (sulfide) groups is 1. The van der Waals surface area contributed by atoms with Gasteiger partial charge in [-0.1, -0.05) is 25.9 Å². The average molecular weight is 297 g/mol. The lowest BCUT2D eigenvalue weighted by molar-refractivity contribution is 0.279. The Balaban J connectivity index is 2.08. The van der Waals surface area contributed by atoms with E-state index in [1.807, 2.05) is 11.8 Å². The van der Waals surface area contributed by atoms with Gasteiger partial charge in [0.2, 0.25) is 5.89 Å². The molecule has 3 unspecified atom stereocenters. The van der Waals surface area contributed by atoms with Crippen molar-refractivity contribution in [2.45, 2.75) is 64.2 Å². The van der Waals surface area contributed by atoms with Crippen molar-refractivity contribution in [2.75, 3.05) is 12.3 Å². The molecule has 3 atom stereocenters. The van der Waals surface area contributed by atoms with Gasteiger partial charge in [0.05, 0.1) is 11.2 Å². The fraction of sp³-hybridized carbons (Fsp3) is 0.867. The molecular formula is C15H27N3OS. The lowest BCUT2D eigenvalue weighted by atomic mass is 9.89. The van der Waals surface area contributed by atoms with E-state index in [0.29, 0.717) is 17.2 Å². The Morgan fingerprint density at radius 3 is 2.80 bits per heavy atom. The van der Waals surface area contributed by atoms with Gasteiger partial charge < -0.3 is 9.84 Å². The van der Waals surface area contributed by atoms with Crippen molar-refractivity contribution >= 4 is 11.8 Å². The summed E-state index contributed by atoms with van der Waals surface area (Å²) in [4.78, 5) is 4.70. The summed E-state index contributed by atoms with van der Waals surface area (Å²) in [5.41, 5.74) is 0. The summed E-state index contributed by atoms with van der Waals surface area (Å²) in [6.07, 6.45) is 3.59. The van der Waals surface area contributed by atoms with E-state index >= 15 is 0 Å². The van der Waals surface area contributed by atoms with Crippen molar-refractivity contribution in [1.82, 2.24) is 15.5 Å². The van der Waals surface area contributed by atoms with Crippen molar-refractivity contribution in [1.29, 1.82) is 0 Å². The molecule has 0 bridgehead atoms. The van der Waals surface area contributed by atoms with Crippen LogP contribution in [0.4, 0.5) is 0 Å². The molecule has 1 N–H and O–H groups in total. The zero-order valence-corrected chi connectivity index (χ0v) is 13.9. The Morgan fingerprint density at radius 1 is 1.40 bits per heavy atom. The lowest BCUT2D eigenvalue weighted by Crippen LogP contribution is -2.35. The molecule has 1 aliphatic rings. The molecule has 5 heteroatoms. The molecule has 0 saturated carbocycles. The fourth-order valence-corrected chi connectivity index (χ4v) is 4.07. The minimum absolute atomic E-state index is 0.286. The van der Waals surface area contributed by atoms with Crippen molar-refractivity contribution in [3.63, 3.8) is 0 Å². The third-order valence-corrected chi connectivity index (χ3v) is 5.31. The molecule has 2 rings (SSSR count). The smallest absolute Gasteiger partial charge is 0.231 e. The molecular weight excluding hydrogens is 270 g/mol. The molecule has 1 aromatic heterocycles. The third-order valence-electron chi connectivity index (χ3n) is 3.93. The van der Waals surface area contributed by atoms with Gasteiger partial charge in [0, 0.05) is 6.04 Å². The largest absolute Gasteiger partial charge is 0.339 e. The quantitative estimate of drug-likeness (QED) is 0.830. The lowest BCUT2D eigenvalue weighted by Gasteiger charge is -2.25. The van der Waals surface area contributed by atoms with E-state index in [-0.39, 0.29) is 5.92 Å². The first-order valence-corrected chi connectivity index (χ1v) is 8.86. The van der Waals surface area contributed by atoms with Gasteiger partial charge in [0.1, 0.15) is 0 Å². The van der Waals surface area contributed by atoms with Gasteiger partial charge in [0.25, 0.3) is 0 Å². The van der Waals surface area contributed by atoms with Gasteiger partial charge in [0.15, 0.2) is 5.82 Å². The SMILES string of the molecule is CCCNC(C)C(c1nc(C2CCCS2)no1)C(C)C. The van der Waals surface area contributed by atoms with Crippen LogP contribution in [0.2, 0.25) is 0 Å². The molecule has 1 saturated heterocycles. The minimum Gasteiger partial charge on any atom is -0.339 e. The number of nitrogens with one attached hydrogen (secondary N) is 1. The molecule has 20 heavy (non-hydrogen) atoms. The zero-order chi connectivity index (χ0) is 14.5.